The van der Waals surface area contributed by atoms with Crippen molar-refractivity contribution < 1.29 is 18.0 Å². The van der Waals surface area contributed by atoms with Crippen LogP contribution >= 0.6 is 0 Å². The Morgan fingerprint density at radius 3 is 2.65 bits per heavy atom. The zero-order chi connectivity index (χ0) is 13.2. The summed E-state index contributed by atoms with van der Waals surface area (Å²) in [6.45, 7) is 0.175. The number of carbonyl (C=O) groups excluding carboxylic acids is 1. The summed E-state index contributed by atoms with van der Waals surface area (Å²) in [4.78, 5) is 12.3. The van der Waals surface area contributed by atoms with Gasteiger partial charge in [0.25, 0.3) is 0 Å². The minimum absolute atomic E-state index is 0.350. The number of likely N-dealkylation sites (N-methyl/N-ethyl adjacent to an activating group) is 1. The number of anilines is 1. The van der Waals surface area contributed by atoms with Crippen LogP contribution in [-0.2, 0) is 4.79 Å². The maximum absolute atomic E-state index is 12.1. The van der Waals surface area contributed by atoms with Crippen LogP contribution in [0.25, 0.3) is 0 Å². The highest BCUT2D eigenvalue weighted by Crippen LogP contribution is 2.18. The Labute approximate surface area is 96.0 Å². The van der Waals surface area contributed by atoms with Crippen molar-refractivity contribution in [3.05, 3.63) is 12.4 Å². The molecule has 0 aliphatic carbocycles. The van der Waals surface area contributed by atoms with Crippen molar-refractivity contribution in [2.24, 2.45) is 0 Å². The zero-order valence-corrected chi connectivity index (χ0v) is 9.40. The molecule has 2 N–H and O–H groups in total. The van der Waals surface area contributed by atoms with Gasteiger partial charge in [-0.2, -0.15) is 18.3 Å². The van der Waals surface area contributed by atoms with E-state index in [1.807, 2.05) is 0 Å². The first-order chi connectivity index (χ1) is 7.70. The third-order valence-electron chi connectivity index (χ3n) is 2.17. The third-order valence-corrected chi connectivity index (χ3v) is 2.17. The van der Waals surface area contributed by atoms with E-state index in [2.05, 4.69) is 5.10 Å². The molecular formula is C9H13F3N4O. The number of rotatable bonds is 3. The standard InChI is InChI=1S/C9H13F3N4O/c1-6(16-4-7(13)3-14-16)8(17)15(2)5-9(10,11)12/h3-4,6H,5,13H2,1-2H3. The first kappa shape index (κ1) is 13.3. The fraction of sp³-hybridized carbons (Fsp3) is 0.556. The average molecular weight is 250 g/mol. The fourth-order valence-corrected chi connectivity index (χ4v) is 1.34. The maximum Gasteiger partial charge on any atom is 0.406 e. The molecule has 0 radical (unpaired) electrons. The SMILES string of the molecule is CC(C(=O)N(C)CC(F)(F)F)n1cc(N)cn1. The molecule has 1 rings (SSSR count). The van der Waals surface area contributed by atoms with Gasteiger partial charge in [0.2, 0.25) is 5.91 Å². The first-order valence-electron chi connectivity index (χ1n) is 4.82. The summed E-state index contributed by atoms with van der Waals surface area (Å²) in [7, 11) is 1.10. The predicted molar refractivity (Wildman–Crippen MR) is 55.0 cm³/mol. The van der Waals surface area contributed by atoms with E-state index in [4.69, 9.17) is 5.73 Å². The average Bonchev–Trinajstić information content (AvgIpc) is 2.60. The highest BCUT2D eigenvalue weighted by atomic mass is 19.4. The second-order valence-electron chi connectivity index (χ2n) is 3.74. The lowest BCUT2D eigenvalue weighted by Crippen LogP contribution is -2.39. The lowest BCUT2D eigenvalue weighted by molar-refractivity contribution is -0.160. The first-order valence-corrected chi connectivity index (χ1v) is 4.82. The summed E-state index contributed by atoms with van der Waals surface area (Å²) >= 11 is 0. The van der Waals surface area contributed by atoms with E-state index in [0.717, 1.165) is 7.05 Å². The number of halogens is 3. The Bertz CT molecular complexity index is 401. The quantitative estimate of drug-likeness (QED) is 0.872. The Hall–Kier alpha value is -1.73. The summed E-state index contributed by atoms with van der Waals surface area (Å²) in [6.07, 6.45) is -1.69. The molecule has 1 atom stereocenters. The molecular weight excluding hydrogens is 237 g/mol. The van der Waals surface area contributed by atoms with Gasteiger partial charge in [-0.05, 0) is 6.92 Å². The van der Waals surface area contributed by atoms with Gasteiger partial charge in [-0.25, -0.2) is 0 Å². The minimum atomic E-state index is -4.41. The largest absolute Gasteiger partial charge is 0.406 e. The van der Waals surface area contributed by atoms with Crippen LogP contribution in [0.3, 0.4) is 0 Å². The molecule has 1 unspecified atom stereocenters. The number of nitrogens with zero attached hydrogens (tertiary/aromatic N) is 3. The lowest BCUT2D eigenvalue weighted by atomic mass is 10.3. The Balaban J connectivity index is 2.70. The minimum Gasteiger partial charge on any atom is -0.396 e. The van der Waals surface area contributed by atoms with Crippen LogP contribution in [0.15, 0.2) is 12.4 Å². The number of nitrogen functional groups attached to an aromatic ring is 1. The number of hydrogen-bond donors (Lipinski definition) is 1. The van der Waals surface area contributed by atoms with Crippen LogP contribution in [0.5, 0.6) is 0 Å². The van der Waals surface area contributed by atoms with Gasteiger partial charge in [-0.3, -0.25) is 9.48 Å². The van der Waals surface area contributed by atoms with Gasteiger partial charge in [0.05, 0.1) is 11.9 Å². The molecule has 5 nitrogen and oxygen atoms in total. The molecule has 0 aliphatic heterocycles. The molecule has 0 saturated carbocycles. The van der Waals surface area contributed by atoms with Gasteiger partial charge in [0.1, 0.15) is 12.6 Å². The number of nitrogens with two attached hydrogens (primary N) is 1. The van der Waals surface area contributed by atoms with Gasteiger partial charge in [0.15, 0.2) is 0 Å². The third kappa shape index (κ3) is 3.65. The van der Waals surface area contributed by atoms with Crippen LogP contribution in [-0.4, -0.2) is 40.4 Å². The van der Waals surface area contributed by atoms with Crippen LogP contribution < -0.4 is 5.73 Å². The molecule has 1 aromatic rings. The van der Waals surface area contributed by atoms with Crippen LogP contribution in [0, 0.1) is 0 Å². The molecule has 96 valence electrons. The van der Waals surface area contributed by atoms with Crippen LogP contribution in [0.2, 0.25) is 0 Å². The van der Waals surface area contributed by atoms with Crippen molar-refractivity contribution in [1.29, 1.82) is 0 Å². The van der Waals surface area contributed by atoms with E-state index in [1.165, 1.54) is 24.0 Å². The van der Waals surface area contributed by atoms with E-state index in [1.54, 1.807) is 0 Å². The normalized spacial score (nSPS) is 13.5. The highest BCUT2D eigenvalue weighted by Gasteiger charge is 2.32. The summed E-state index contributed by atoms with van der Waals surface area (Å²) in [5, 5.41) is 3.78. The molecule has 0 spiro atoms. The number of carbonyl (C=O) groups is 1. The number of alkyl halides is 3. The van der Waals surface area contributed by atoms with Crippen molar-refractivity contribution >= 4 is 11.6 Å². The van der Waals surface area contributed by atoms with Crippen molar-refractivity contribution in [3.63, 3.8) is 0 Å². The monoisotopic (exact) mass is 250 g/mol. The van der Waals surface area contributed by atoms with E-state index in [0.29, 0.717) is 10.6 Å². The summed E-state index contributed by atoms with van der Waals surface area (Å²) in [6, 6.07) is -0.820. The van der Waals surface area contributed by atoms with Crippen molar-refractivity contribution in [2.75, 3.05) is 19.3 Å². The van der Waals surface area contributed by atoms with E-state index in [9.17, 15) is 18.0 Å². The number of hydrogen-bond acceptors (Lipinski definition) is 3. The summed E-state index contributed by atoms with van der Waals surface area (Å²) < 4.78 is 37.5. The Morgan fingerprint density at radius 2 is 2.24 bits per heavy atom. The Kier molecular flexibility index (Phi) is 3.64. The van der Waals surface area contributed by atoms with Crippen LogP contribution in [0.4, 0.5) is 18.9 Å². The van der Waals surface area contributed by atoms with Crippen molar-refractivity contribution in [3.8, 4) is 0 Å². The summed E-state index contributed by atoms with van der Waals surface area (Å²) in [5.41, 5.74) is 5.76. The molecule has 1 amide bonds. The lowest BCUT2D eigenvalue weighted by Gasteiger charge is -2.22. The van der Waals surface area contributed by atoms with E-state index in [-0.39, 0.29) is 0 Å². The fourth-order valence-electron chi connectivity index (χ4n) is 1.34. The van der Waals surface area contributed by atoms with Gasteiger partial charge in [-0.15, -0.1) is 0 Å². The number of aromatic nitrogens is 2. The molecule has 0 aliphatic rings. The molecule has 1 aromatic heterocycles. The Morgan fingerprint density at radius 1 is 1.65 bits per heavy atom. The smallest absolute Gasteiger partial charge is 0.396 e. The summed E-state index contributed by atoms with van der Waals surface area (Å²) in [5.74, 6) is -0.676. The van der Waals surface area contributed by atoms with Crippen molar-refractivity contribution in [1.82, 2.24) is 14.7 Å². The molecule has 8 heteroatoms. The number of amides is 1. The van der Waals surface area contributed by atoms with Crippen molar-refractivity contribution in [2.45, 2.75) is 19.1 Å². The van der Waals surface area contributed by atoms with Gasteiger partial charge in [0, 0.05) is 13.2 Å². The molecule has 0 aromatic carbocycles. The van der Waals surface area contributed by atoms with Gasteiger partial charge >= 0.3 is 6.18 Å². The topological polar surface area (TPSA) is 64.2 Å². The predicted octanol–water partition coefficient (Wildman–Crippen LogP) is 1.05. The molecule has 0 fully saturated rings. The molecule has 1 heterocycles. The second-order valence-corrected chi connectivity index (χ2v) is 3.74. The molecule has 0 saturated heterocycles. The zero-order valence-electron chi connectivity index (χ0n) is 9.40. The van der Waals surface area contributed by atoms with Gasteiger partial charge in [-0.1, -0.05) is 0 Å². The highest BCUT2D eigenvalue weighted by molar-refractivity contribution is 5.79. The molecule has 0 bridgehead atoms. The van der Waals surface area contributed by atoms with Gasteiger partial charge < -0.3 is 10.6 Å². The second kappa shape index (κ2) is 4.64. The van der Waals surface area contributed by atoms with E-state index < -0.39 is 24.7 Å². The van der Waals surface area contributed by atoms with Crippen LogP contribution in [0.1, 0.15) is 13.0 Å². The maximum atomic E-state index is 12.1. The molecule has 17 heavy (non-hydrogen) atoms. The van der Waals surface area contributed by atoms with E-state index >= 15 is 0 Å².